The summed E-state index contributed by atoms with van der Waals surface area (Å²) in [5, 5.41) is 8.37. The number of esters is 1. The maximum Gasteiger partial charge on any atom is 0.309 e. The molecule has 0 aliphatic rings. The predicted octanol–water partition coefficient (Wildman–Crippen LogP) is 2.56. The van der Waals surface area contributed by atoms with Gasteiger partial charge in [-0.05, 0) is 17.7 Å². The minimum Gasteiger partial charge on any atom is -0.493 e. The van der Waals surface area contributed by atoms with E-state index in [1.807, 2.05) is 36.4 Å². The van der Waals surface area contributed by atoms with Gasteiger partial charge in [-0.1, -0.05) is 24.3 Å². The third-order valence-electron chi connectivity index (χ3n) is 2.19. The van der Waals surface area contributed by atoms with Crippen LogP contribution in [0.1, 0.15) is 18.4 Å². The van der Waals surface area contributed by atoms with Gasteiger partial charge in [0.25, 0.3) is 0 Å². The Labute approximate surface area is 106 Å². The molecule has 0 heterocycles. The van der Waals surface area contributed by atoms with E-state index >= 15 is 0 Å². The van der Waals surface area contributed by atoms with E-state index in [2.05, 4.69) is 4.74 Å². The van der Waals surface area contributed by atoms with E-state index in [1.165, 1.54) is 7.11 Å². The Kier molecular flexibility index (Phi) is 6.05. The summed E-state index contributed by atoms with van der Waals surface area (Å²) < 4.78 is 9.87. The van der Waals surface area contributed by atoms with E-state index in [4.69, 9.17) is 10.00 Å². The lowest BCUT2D eigenvalue weighted by molar-refractivity contribution is -0.139. The maximum absolute atomic E-state index is 10.9. The molecule has 1 rings (SSSR count). The molecule has 18 heavy (non-hydrogen) atoms. The van der Waals surface area contributed by atoms with E-state index in [9.17, 15) is 4.79 Å². The Bertz CT molecular complexity index is 443. The molecule has 4 nitrogen and oxygen atoms in total. The minimum atomic E-state index is -0.261. The molecule has 0 aliphatic heterocycles. The second kappa shape index (κ2) is 7.91. The van der Waals surface area contributed by atoms with Crippen molar-refractivity contribution in [1.82, 2.24) is 0 Å². The molecule has 0 N–H and O–H groups in total. The van der Waals surface area contributed by atoms with E-state index in [1.54, 1.807) is 6.08 Å². The molecule has 0 fully saturated rings. The summed E-state index contributed by atoms with van der Waals surface area (Å²) in [6.45, 7) is 0.397. The molecule has 0 saturated heterocycles. The first-order chi connectivity index (χ1) is 8.76. The predicted molar refractivity (Wildman–Crippen MR) is 67.8 cm³/mol. The summed E-state index contributed by atoms with van der Waals surface area (Å²) in [7, 11) is 1.36. The molecule has 0 saturated carbocycles. The maximum atomic E-state index is 10.9. The van der Waals surface area contributed by atoms with Crippen molar-refractivity contribution in [3.05, 3.63) is 35.9 Å². The molecule has 4 heteroatoms. The molecule has 0 atom stereocenters. The normalized spacial score (nSPS) is 10.0. The fourth-order valence-corrected chi connectivity index (χ4v) is 1.26. The van der Waals surface area contributed by atoms with Gasteiger partial charge in [0.1, 0.15) is 12.4 Å². The Morgan fingerprint density at radius 1 is 1.39 bits per heavy atom. The number of hydrogen-bond acceptors (Lipinski definition) is 4. The molecule has 0 aliphatic carbocycles. The fraction of sp³-hybridized carbons (Fsp3) is 0.286. The fourth-order valence-electron chi connectivity index (χ4n) is 1.26. The smallest absolute Gasteiger partial charge is 0.309 e. The van der Waals surface area contributed by atoms with Gasteiger partial charge in [0, 0.05) is 0 Å². The van der Waals surface area contributed by atoms with Crippen molar-refractivity contribution < 1.29 is 14.3 Å². The second-order valence-corrected chi connectivity index (χ2v) is 3.51. The monoisotopic (exact) mass is 245 g/mol. The van der Waals surface area contributed by atoms with Crippen molar-refractivity contribution in [2.24, 2.45) is 0 Å². The van der Waals surface area contributed by atoms with Crippen molar-refractivity contribution in [1.29, 1.82) is 5.26 Å². The first-order valence-corrected chi connectivity index (χ1v) is 5.59. The van der Waals surface area contributed by atoms with Crippen LogP contribution >= 0.6 is 0 Å². The van der Waals surface area contributed by atoms with Crippen LogP contribution in [0.25, 0.3) is 6.08 Å². The van der Waals surface area contributed by atoms with Gasteiger partial charge >= 0.3 is 5.97 Å². The van der Waals surface area contributed by atoms with Crippen LogP contribution in [0.5, 0.6) is 5.75 Å². The molecule has 94 valence electrons. The highest BCUT2D eigenvalue weighted by Gasteiger charge is 1.95. The standard InChI is InChI=1S/C14H15NO3/c1-17-14(16)5-2-4-12-6-8-13(9-7-12)18-11-3-10-15/h2,4,6-9H,3,5,11H2,1H3. The van der Waals surface area contributed by atoms with Gasteiger partial charge < -0.3 is 9.47 Å². The summed E-state index contributed by atoms with van der Waals surface area (Å²) >= 11 is 0. The number of methoxy groups -OCH3 is 1. The molecule has 0 unspecified atom stereocenters. The summed E-state index contributed by atoms with van der Waals surface area (Å²) in [4.78, 5) is 10.9. The number of carbonyl (C=O) groups is 1. The number of nitrogens with zero attached hydrogens (tertiary/aromatic N) is 1. The molecule has 0 aromatic heterocycles. The second-order valence-electron chi connectivity index (χ2n) is 3.51. The topological polar surface area (TPSA) is 59.3 Å². The molecular weight excluding hydrogens is 230 g/mol. The van der Waals surface area contributed by atoms with Crippen molar-refractivity contribution in [2.45, 2.75) is 12.8 Å². The summed E-state index contributed by atoms with van der Waals surface area (Å²) in [6, 6.07) is 9.44. The molecule has 0 amide bonds. The Morgan fingerprint density at radius 3 is 2.72 bits per heavy atom. The Hall–Kier alpha value is -2.28. The summed E-state index contributed by atoms with van der Waals surface area (Å²) in [5.41, 5.74) is 0.978. The van der Waals surface area contributed by atoms with Crippen LogP contribution < -0.4 is 4.74 Å². The lowest BCUT2D eigenvalue weighted by Crippen LogP contribution is -1.96. The minimum absolute atomic E-state index is 0.261. The van der Waals surface area contributed by atoms with Crippen LogP contribution in [0.15, 0.2) is 30.3 Å². The van der Waals surface area contributed by atoms with Crippen molar-refractivity contribution >= 4 is 12.0 Å². The highest BCUT2D eigenvalue weighted by Crippen LogP contribution is 2.13. The van der Waals surface area contributed by atoms with Crippen LogP contribution in [0.3, 0.4) is 0 Å². The zero-order valence-electron chi connectivity index (χ0n) is 10.3. The van der Waals surface area contributed by atoms with Gasteiger partial charge in [-0.2, -0.15) is 5.26 Å². The first kappa shape index (κ1) is 13.8. The van der Waals surface area contributed by atoms with Crippen LogP contribution in [-0.2, 0) is 9.53 Å². The summed E-state index contributed by atoms with van der Waals surface area (Å²) in [5.74, 6) is 0.470. The van der Waals surface area contributed by atoms with Crippen LogP contribution in [0, 0.1) is 11.3 Å². The van der Waals surface area contributed by atoms with Crippen molar-refractivity contribution in [3.8, 4) is 11.8 Å². The zero-order valence-corrected chi connectivity index (χ0v) is 10.3. The lowest BCUT2D eigenvalue weighted by Gasteiger charge is -2.03. The van der Waals surface area contributed by atoms with Gasteiger partial charge in [0.05, 0.1) is 26.0 Å². The van der Waals surface area contributed by atoms with Crippen LogP contribution in [0.2, 0.25) is 0 Å². The number of carbonyl (C=O) groups excluding carboxylic acids is 1. The number of nitriles is 1. The number of ether oxygens (including phenoxy) is 2. The number of rotatable bonds is 6. The first-order valence-electron chi connectivity index (χ1n) is 5.59. The summed E-state index contributed by atoms with van der Waals surface area (Å²) in [6.07, 6.45) is 4.23. The van der Waals surface area contributed by atoms with Gasteiger partial charge in [-0.25, -0.2) is 0 Å². The van der Waals surface area contributed by atoms with E-state index < -0.39 is 0 Å². The molecule has 1 aromatic rings. The van der Waals surface area contributed by atoms with Crippen molar-refractivity contribution in [2.75, 3.05) is 13.7 Å². The quantitative estimate of drug-likeness (QED) is 0.571. The molecule has 0 spiro atoms. The third-order valence-corrected chi connectivity index (χ3v) is 2.19. The average Bonchev–Trinajstić information content (AvgIpc) is 2.40. The lowest BCUT2D eigenvalue weighted by atomic mass is 10.2. The molecule has 0 radical (unpaired) electrons. The largest absolute Gasteiger partial charge is 0.493 e. The SMILES string of the molecule is COC(=O)CC=Cc1ccc(OCCC#N)cc1. The van der Waals surface area contributed by atoms with Crippen LogP contribution in [0.4, 0.5) is 0 Å². The van der Waals surface area contributed by atoms with Crippen LogP contribution in [-0.4, -0.2) is 19.7 Å². The van der Waals surface area contributed by atoms with E-state index in [0.29, 0.717) is 13.0 Å². The molecule has 0 bridgehead atoms. The zero-order chi connectivity index (χ0) is 13.2. The Morgan fingerprint density at radius 2 is 2.11 bits per heavy atom. The number of hydrogen-bond donors (Lipinski definition) is 0. The molecular formula is C14H15NO3. The van der Waals surface area contributed by atoms with Gasteiger partial charge in [-0.3, -0.25) is 4.79 Å². The van der Waals surface area contributed by atoms with E-state index in [0.717, 1.165) is 11.3 Å². The van der Waals surface area contributed by atoms with Gasteiger partial charge in [0.15, 0.2) is 0 Å². The number of benzene rings is 1. The highest BCUT2D eigenvalue weighted by atomic mass is 16.5. The molecule has 1 aromatic carbocycles. The Balaban J connectivity index is 2.45. The third kappa shape index (κ3) is 5.17. The van der Waals surface area contributed by atoms with Crippen molar-refractivity contribution in [3.63, 3.8) is 0 Å². The average molecular weight is 245 g/mol. The van der Waals surface area contributed by atoms with Gasteiger partial charge in [-0.15, -0.1) is 0 Å². The van der Waals surface area contributed by atoms with Gasteiger partial charge in [0.2, 0.25) is 0 Å². The highest BCUT2D eigenvalue weighted by molar-refractivity contribution is 5.72. The van der Waals surface area contributed by atoms with E-state index in [-0.39, 0.29) is 12.4 Å².